The average molecular weight is 373 g/mol. The highest BCUT2D eigenvalue weighted by Crippen LogP contribution is 2.26. The average Bonchev–Trinajstić information content (AvgIpc) is 2.75. The molecular formula is C15H19BrClN3O. The largest absolute Gasteiger partial charge is 0.496 e. The quantitative estimate of drug-likeness (QED) is 0.840. The zero-order valence-corrected chi connectivity index (χ0v) is 14.8. The fourth-order valence-corrected chi connectivity index (χ4v) is 3.21. The molecular weight excluding hydrogens is 354 g/mol. The van der Waals surface area contributed by atoms with Gasteiger partial charge in [-0.3, -0.25) is 4.68 Å². The number of hydrogen-bond acceptors (Lipinski definition) is 3. The smallest absolute Gasteiger partial charge is 0.124 e. The van der Waals surface area contributed by atoms with E-state index < -0.39 is 0 Å². The van der Waals surface area contributed by atoms with Gasteiger partial charge in [0.25, 0.3) is 0 Å². The van der Waals surface area contributed by atoms with Gasteiger partial charge in [-0.15, -0.1) is 0 Å². The Bertz CT molecular complexity index is 628. The van der Waals surface area contributed by atoms with Crippen molar-refractivity contribution in [3.8, 4) is 5.75 Å². The predicted molar refractivity (Wildman–Crippen MR) is 88.8 cm³/mol. The second kappa shape index (κ2) is 7.29. The molecule has 2 aromatic rings. The number of nitrogens with zero attached hydrogens (tertiary/aromatic N) is 2. The van der Waals surface area contributed by atoms with Gasteiger partial charge in [0.05, 0.1) is 23.0 Å². The maximum absolute atomic E-state index is 6.23. The summed E-state index contributed by atoms with van der Waals surface area (Å²) in [6.07, 6.45) is 0.909. The van der Waals surface area contributed by atoms with Crippen molar-refractivity contribution in [2.24, 2.45) is 7.05 Å². The van der Waals surface area contributed by atoms with Crippen LogP contribution in [0.3, 0.4) is 0 Å². The summed E-state index contributed by atoms with van der Waals surface area (Å²) in [6.45, 7) is 3.44. The third-order valence-corrected chi connectivity index (χ3v) is 4.66. The van der Waals surface area contributed by atoms with Crippen LogP contribution in [0.25, 0.3) is 0 Å². The number of rotatable bonds is 6. The van der Waals surface area contributed by atoms with Gasteiger partial charge < -0.3 is 10.1 Å². The fourth-order valence-electron chi connectivity index (χ4n) is 2.22. The van der Waals surface area contributed by atoms with Crippen LogP contribution in [0.1, 0.15) is 23.9 Å². The van der Waals surface area contributed by atoms with Crippen LogP contribution in [0.4, 0.5) is 0 Å². The molecule has 1 aromatic carbocycles. The summed E-state index contributed by atoms with van der Waals surface area (Å²) >= 11 is 9.85. The first-order chi connectivity index (χ1) is 10.1. The minimum Gasteiger partial charge on any atom is -0.496 e. The Hall–Kier alpha value is -1.04. The highest BCUT2D eigenvalue weighted by atomic mass is 79.9. The Morgan fingerprint density at radius 1 is 1.38 bits per heavy atom. The summed E-state index contributed by atoms with van der Waals surface area (Å²) in [5.74, 6) is 0.799. The van der Waals surface area contributed by atoms with Crippen LogP contribution in [0.15, 0.2) is 22.7 Å². The van der Waals surface area contributed by atoms with Crippen LogP contribution >= 0.6 is 27.5 Å². The molecule has 0 aliphatic rings. The van der Waals surface area contributed by atoms with Crippen molar-refractivity contribution in [3.63, 3.8) is 0 Å². The Morgan fingerprint density at radius 3 is 2.76 bits per heavy atom. The summed E-state index contributed by atoms with van der Waals surface area (Å²) in [5.41, 5.74) is 3.16. The summed E-state index contributed by atoms with van der Waals surface area (Å²) in [5, 5.41) is 8.59. The fraction of sp³-hybridized carbons (Fsp3) is 0.400. The van der Waals surface area contributed by atoms with E-state index in [0.29, 0.717) is 18.1 Å². The van der Waals surface area contributed by atoms with E-state index in [1.54, 1.807) is 7.11 Å². The van der Waals surface area contributed by atoms with E-state index in [-0.39, 0.29) is 0 Å². The lowest BCUT2D eigenvalue weighted by Gasteiger charge is -2.11. The van der Waals surface area contributed by atoms with Gasteiger partial charge in [-0.25, -0.2) is 0 Å². The van der Waals surface area contributed by atoms with Gasteiger partial charge in [0.15, 0.2) is 0 Å². The number of aryl methyl sites for hydroxylation is 2. The van der Waals surface area contributed by atoms with Crippen molar-refractivity contribution < 1.29 is 4.74 Å². The van der Waals surface area contributed by atoms with Crippen LogP contribution in [0, 0.1) is 0 Å². The molecule has 21 heavy (non-hydrogen) atoms. The SMILES string of the molecule is CCc1nn(C)c(CNCc2c(Cl)cccc2OC)c1Br. The molecule has 0 atom stereocenters. The summed E-state index contributed by atoms with van der Waals surface area (Å²) < 4.78 is 8.32. The lowest BCUT2D eigenvalue weighted by Crippen LogP contribution is -2.16. The molecule has 0 fully saturated rings. The van der Waals surface area contributed by atoms with Gasteiger partial charge in [-0.1, -0.05) is 24.6 Å². The molecule has 0 aliphatic heterocycles. The third-order valence-electron chi connectivity index (χ3n) is 3.39. The molecule has 1 aromatic heterocycles. The maximum Gasteiger partial charge on any atom is 0.124 e. The molecule has 0 amide bonds. The molecule has 114 valence electrons. The number of hydrogen-bond donors (Lipinski definition) is 1. The summed E-state index contributed by atoms with van der Waals surface area (Å²) in [4.78, 5) is 0. The summed E-state index contributed by atoms with van der Waals surface area (Å²) in [6, 6.07) is 5.67. The molecule has 1 heterocycles. The first-order valence-corrected chi connectivity index (χ1v) is 7.97. The normalized spacial score (nSPS) is 10.9. The first-order valence-electron chi connectivity index (χ1n) is 6.80. The molecule has 0 saturated carbocycles. The highest BCUT2D eigenvalue weighted by Gasteiger charge is 2.13. The number of aromatic nitrogens is 2. The van der Waals surface area contributed by atoms with E-state index >= 15 is 0 Å². The van der Waals surface area contributed by atoms with Gasteiger partial charge in [-0.05, 0) is 34.5 Å². The zero-order valence-electron chi connectivity index (χ0n) is 12.4. The molecule has 0 bridgehead atoms. The number of halogens is 2. The Kier molecular flexibility index (Phi) is 5.67. The molecule has 1 N–H and O–H groups in total. The Morgan fingerprint density at radius 2 is 2.14 bits per heavy atom. The van der Waals surface area contributed by atoms with E-state index in [1.807, 2.05) is 29.9 Å². The van der Waals surface area contributed by atoms with Gasteiger partial charge >= 0.3 is 0 Å². The minimum absolute atomic E-state index is 0.641. The van der Waals surface area contributed by atoms with Crippen molar-refractivity contribution in [2.75, 3.05) is 7.11 Å². The molecule has 2 rings (SSSR count). The van der Waals surface area contributed by atoms with E-state index in [2.05, 4.69) is 33.3 Å². The van der Waals surface area contributed by atoms with E-state index in [1.165, 1.54) is 0 Å². The molecule has 0 spiro atoms. The molecule has 0 radical (unpaired) electrons. The molecule has 0 unspecified atom stereocenters. The van der Waals surface area contributed by atoms with Gasteiger partial charge in [0, 0.05) is 30.7 Å². The van der Waals surface area contributed by atoms with Crippen molar-refractivity contribution in [1.82, 2.24) is 15.1 Å². The number of nitrogens with one attached hydrogen (secondary N) is 1. The van der Waals surface area contributed by atoms with Crippen LogP contribution in [-0.2, 0) is 26.6 Å². The second-order valence-corrected chi connectivity index (χ2v) is 5.91. The van der Waals surface area contributed by atoms with Gasteiger partial charge in [0.1, 0.15) is 5.75 Å². The predicted octanol–water partition coefficient (Wildman–Crippen LogP) is 3.70. The molecule has 0 saturated heterocycles. The summed E-state index contributed by atoms with van der Waals surface area (Å²) in [7, 11) is 3.61. The van der Waals surface area contributed by atoms with Crippen LogP contribution < -0.4 is 10.1 Å². The monoisotopic (exact) mass is 371 g/mol. The zero-order chi connectivity index (χ0) is 15.4. The Labute approximate surface area is 138 Å². The van der Waals surface area contributed by atoms with Gasteiger partial charge in [-0.2, -0.15) is 5.10 Å². The topological polar surface area (TPSA) is 39.1 Å². The third kappa shape index (κ3) is 3.59. The first kappa shape index (κ1) is 16.3. The Balaban J connectivity index is 2.07. The minimum atomic E-state index is 0.641. The standard InChI is InChI=1S/C15H19BrClN3O/c1-4-12-15(16)13(20(2)19-12)9-18-8-10-11(17)6-5-7-14(10)21-3/h5-7,18H,4,8-9H2,1-3H3. The van der Waals surface area contributed by atoms with E-state index in [0.717, 1.165) is 33.6 Å². The maximum atomic E-state index is 6.23. The molecule has 4 nitrogen and oxygen atoms in total. The van der Waals surface area contributed by atoms with Crippen molar-refractivity contribution >= 4 is 27.5 Å². The number of ether oxygens (including phenoxy) is 1. The van der Waals surface area contributed by atoms with Crippen molar-refractivity contribution in [3.05, 3.63) is 44.6 Å². The van der Waals surface area contributed by atoms with Crippen molar-refractivity contribution in [1.29, 1.82) is 0 Å². The molecule has 6 heteroatoms. The lowest BCUT2D eigenvalue weighted by molar-refractivity contribution is 0.407. The number of benzene rings is 1. The van der Waals surface area contributed by atoms with Crippen molar-refractivity contribution in [2.45, 2.75) is 26.4 Å². The van der Waals surface area contributed by atoms with E-state index in [4.69, 9.17) is 16.3 Å². The van der Waals surface area contributed by atoms with Crippen LogP contribution in [0.2, 0.25) is 5.02 Å². The van der Waals surface area contributed by atoms with Crippen LogP contribution in [0.5, 0.6) is 5.75 Å². The number of methoxy groups -OCH3 is 1. The second-order valence-electron chi connectivity index (χ2n) is 4.71. The highest BCUT2D eigenvalue weighted by molar-refractivity contribution is 9.10. The van der Waals surface area contributed by atoms with E-state index in [9.17, 15) is 0 Å². The lowest BCUT2D eigenvalue weighted by atomic mass is 10.2. The molecule has 0 aliphatic carbocycles. The van der Waals surface area contributed by atoms with Crippen LogP contribution in [-0.4, -0.2) is 16.9 Å². The van der Waals surface area contributed by atoms with Gasteiger partial charge in [0.2, 0.25) is 0 Å².